The van der Waals surface area contributed by atoms with E-state index in [0.717, 1.165) is 44.8 Å². The number of likely N-dealkylation sites (tertiary alicyclic amines) is 1. The van der Waals surface area contributed by atoms with Crippen LogP contribution in [-0.2, 0) is 32.2 Å². The van der Waals surface area contributed by atoms with Crippen LogP contribution in [0, 0.1) is 0 Å². The minimum Gasteiger partial charge on any atom is -0.390 e. The van der Waals surface area contributed by atoms with Gasteiger partial charge < -0.3 is 56.7 Å². The van der Waals surface area contributed by atoms with Gasteiger partial charge in [-0.1, -0.05) is 5.21 Å². The van der Waals surface area contributed by atoms with Crippen molar-refractivity contribution in [2.75, 3.05) is 76.3 Å². The fourth-order valence-electron chi connectivity index (χ4n) is 5.54. The Bertz CT molecular complexity index is 1250. The van der Waals surface area contributed by atoms with Crippen LogP contribution in [0.2, 0.25) is 0 Å². The number of morpholine rings is 1. The topological polar surface area (TPSA) is 247 Å². The number of piperidine rings is 1. The largest absolute Gasteiger partial charge is 0.390 e. The van der Waals surface area contributed by atoms with Crippen LogP contribution in [0.1, 0.15) is 44.2 Å². The van der Waals surface area contributed by atoms with Gasteiger partial charge in [0.05, 0.1) is 57.9 Å². The summed E-state index contributed by atoms with van der Waals surface area (Å²) in [7, 11) is 0. The van der Waals surface area contributed by atoms with Gasteiger partial charge >= 0.3 is 0 Å². The summed E-state index contributed by atoms with van der Waals surface area (Å²) in [6.07, 6.45) is 2.97. The van der Waals surface area contributed by atoms with Gasteiger partial charge in [0, 0.05) is 64.3 Å². The molecule has 2 aromatic rings. The van der Waals surface area contributed by atoms with E-state index in [1.165, 1.54) is 0 Å². The van der Waals surface area contributed by atoms with Crippen molar-refractivity contribution in [3.05, 3.63) is 24.2 Å². The molecule has 5 rings (SSSR count). The third-order valence-corrected chi connectivity index (χ3v) is 8.33. The molecule has 3 unspecified atom stereocenters. The molecule has 2 saturated heterocycles. The maximum Gasteiger partial charge on any atom is 0.252 e. The minimum atomic E-state index is -1.73. The fourth-order valence-corrected chi connectivity index (χ4v) is 5.54. The van der Waals surface area contributed by atoms with Crippen molar-refractivity contribution in [1.29, 1.82) is 0 Å². The smallest absolute Gasteiger partial charge is 0.252 e. The number of nitrogens with one attached hydrogen (secondary N) is 4. The number of carbonyl (C=O) groups is 2. The van der Waals surface area contributed by atoms with Crippen molar-refractivity contribution in [1.82, 2.24) is 40.5 Å². The van der Waals surface area contributed by atoms with Gasteiger partial charge in [0.25, 0.3) is 5.91 Å². The highest BCUT2D eigenvalue weighted by Gasteiger charge is 2.43. The molecule has 0 bridgehead atoms. The van der Waals surface area contributed by atoms with E-state index < -0.39 is 23.7 Å². The summed E-state index contributed by atoms with van der Waals surface area (Å²) in [6, 6.07) is 1.93. The zero-order chi connectivity index (χ0) is 34.2. The Hall–Kier alpha value is -3.52. The van der Waals surface area contributed by atoms with Crippen LogP contribution < -0.4 is 27.0 Å². The Morgan fingerprint density at radius 1 is 1.15 bits per heavy atom. The third-order valence-electron chi connectivity index (χ3n) is 8.33. The monoisotopic (exact) mass is 677 g/mol. The Labute approximate surface area is 280 Å². The third kappa shape index (κ3) is 12.2. The lowest BCUT2D eigenvalue weighted by atomic mass is 9.81. The van der Waals surface area contributed by atoms with Crippen molar-refractivity contribution in [2.24, 2.45) is 5.73 Å². The summed E-state index contributed by atoms with van der Waals surface area (Å²) in [5.74, 6) is 0.435. The van der Waals surface area contributed by atoms with E-state index in [1.54, 1.807) is 21.8 Å². The number of rotatable bonds is 14. The van der Waals surface area contributed by atoms with Gasteiger partial charge in [0.1, 0.15) is 17.1 Å². The molecule has 1 saturated carbocycles. The van der Waals surface area contributed by atoms with Crippen molar-refractivity contribution >= 4 is 23.6 Å². The number of nitrogens with zero attached hydrogens (tertiary/aromatic N) is 6. The number of hydrogen-bond acceptors (Lipinski definition) is 15. The van der Waals surface area contributed by atoms with Gasteiger partial charge in [-0.25, -0.2) is 9.67 Å². The molecule has 1 aliphatic carbocycles. The Kier molecular flexibility index (Phi) is 15.1. The minimum absolute atomic E-state index is 0.0602. The van der Waals surface area contributed by atoms with E-state index in [4.69, 9.17) is 15.2 Å². The molecule has 18 nitrogen and oxygen atoms in total. The number of ether oxygens (including phenoxy) is 2. The van der Waals surface area contributed by atoms with Crippen molar-refractivity contribution in [3.63, 3.8) is 0 Å². The van der Waals surface area contributed by atoms with Gasteiger partial charge in [-0.2, -0.15) is 4.98 Å². The summed E-state index contributed by atoms with van der Waals surface area (Å²) in [4.78, 5) is 35.7. The van der Waals surface area contributed by atoms with E-state index in [2.05, 4.69) is 41.5 Å². The van der Waals surface area contributed by atoms with Crippen LogP contribution in [0.3, 0.4) is 0 Å². The number of aliphatic hydroxyl groups is 3. The average molecular weight is 678 g/mol. The first-order valence-corrected chi connectivity index (χ1v) is 16.7. The maximum atomic E-state index is 12.7. The zero-order valence-electron chi connectivity index (χ0n) is 27.4. The SMILES string of the molecule is C1COCCN1.NCCOCCn1cc(CNc2nccc(NC3CCN(C(=O)CCNC(=O)C4(O)CCC(O)C(O)C4)CC3)n2)nn1. The molecule has 2 amide bonds. The molecule has 0 spiro atoms. The predicted octanol–water partition coefficient (Wildman–Crippen LogP) is -2.19. The number of anilines is 2. The molecular weight excluding hydrogens is 626 g/mol. The molecule has 0 radical (unpaired) electrons. The van der Waals surface area contributed by atoms with E-state index in [0.29, 0.717) is 57.7 Å². The van der Waals surface area contributed by atoms with Crippen LogP contribution in [0.25, 0.3) is 0 Å². The highest BCUT2D eigenvalue weighted by molar-refractivity contribution is 5.85. The van der Waals surface area contributed by atoms with Crippen molar-refractivity contribution < 1.29 is 34.4 Å². The summed E-state index contributed by atoms with van der Waals surface area (Å²) < 4.78 is 12.1. The number of carbonyl (C=O) groups excluding carboxylic acids is 2. The molecule has 0 aromatic carbocycles. The first-order chi connectivity index (χ1) is 23.3. The van der Waals surface area contributed by atoms with E-state index in [1.807, 2.05) is 6.20 Å². The van der Waals surface area contributed by atoms with Crippen LogP contribution >= 0.6 is 0 Å². The fraction of sp³-hybridized carbons (Fsp3) is 0.733. The second-order valence-electron chi connectivity index (χ2n) is 12.1. The number of amides is 2. The quantitative estimate of drug-likeness (QED) is 0.0990. The zero-order valence-corrected chi connectivity index (χ0v) is 27.4. The molecule has 3 atom stereocenters. The lowest BCUT2D eigenvalue weighted by Crippen LogP contribution is -2.54. The van der Waals surface area contributed by atoms with Crippen molar-refractivity contribution in [2.45, 2.75) is 75.5 Å². The number of aliphatic hydroxyl groups excluding tert-OH is 2. The second kappa shape index (κ2) is 19.5. The Balaban J connectivity index is 0.000000780. The number of aromatic nitrogens is 5. The molecule has 268 valence electrons. The van der Waals surface area contributed by atoms with Gasteiger partial charge in [-0.3, -0.25) is 9.59 Å². The van der Waals surface area contributed by atoms with Gasteiger partial charge in [0.15, 0.2) is 0 Å². The number of nitrogens with two attached hydrogens (primary N) is 1. The molecule has 18 heteroatoms. The molecule has 2 aliphatic heterocycles. The van der Waals surface area contributed by atoms with Gasteiger partial charge in [-0.15, -0.1) is 5.10 Å². The standard InChI is InChI=1S/C26H42N10O6.C4H9NO/c27-7-13-42-14-12-36-17-19(33-34-36)16-30-25-29-8-2-22(32-25)31-18-4-10-35(11-5-18)23(39)3-9-28-24(40)26(41)6-1-20(37)21(38)15-26;1-3-6-4-2-5-1/h2,8,17-18,20-21,37-38,41H,1,3-7,9-16,27H2,(H,28,40)(H2,29,30,31,32);5H,1-4H2. The van der Waals surface area contributed by atoms with E-state index in [-0.39, 0.29) is 44.2 Å². The highest BCUT2D eigenvalue weighted by Crippen LogP contribution is 2.29. The maximum absolute atomic E-state index is 12.7. The Morgan fingerprint density at radius 3 is 2.62 bits per heavy atom. The lowest BCUT2D eigenvalue weighted by molar-refractivity contribution is -0.154. The highest BCUT2D eigenvalue weighted by atomic mass is 16.5. The summed E-state index contributed by atoms with van der Waals surface area (Å²) in [5.41, 5.74) is 4.42. The molecule has 48 heavy (non-hydrogen) atoms. The van der Waals surface area contributed by atoms with E-state index >= 15 is 0 Å². The Morgan fingerprint density at radius 2 is 1.94 bits per heavy atom. The second-order valence-corrected chi connectivity index (χ2v) is 12.1. The molecule has 4 heterocycles. The van der Waals surface area contributed by atoms with E-state index in [9.17, 15) is 24.9 Å². The molecule has 3 aliphatic rings. The first-order valence-electron chi connectivity index (χ1n) is 16.7. The number of hydrogen-bond donors (Lipinski definition) is 8. The van der Waals surface area contributed by atoms with Gasteiger partial charge in [-0.05, 0) is 31.7 Å². The van der Waals surface area contributed by atoms with Crippen molar-refractivity contribution in [3.8, 4) is 0 Å². The van der Waals surface area contributed by atoms with Crippen LogP contribution in [-0.4, -0.2) is 147 Å². The molecular formula is C30H51N11O7. The van der Waals surface area contributed by atoms with Crippen LogP contribution in [0.15, 0.2) is 18.5 Å². The van der Waals surface area contributed by atoms with Crippen LogP contribution in [0.4, 0.5) is 11.8 Å². The molecule has 3 fully saturated rings. The summed E-state index contributed by atoms with van der Waals surface area (Å²) >= 11 is 0. The summed E-state index contributed by atoms with van der Waals surface area (Å²) in [5, 5.41) is 50.5. The van der Waals surface area contributed by atoms with Gasteiger partial charge in [0.2, 0.25) is 11.9 Å². The first kappa shape index (κ1) is 37.3. The predicted molar refractivity (Wildman–Crippen MR) is 175 cm³/mol. The normalized spacial score (nSPS) is 23.1. The average Bonchev–Trinajstić information content (AvgIpc) is 3.57. The summed E-state index contributed by atoms with van der Waals surface area (Å²) in [6.45, 7) is 7.58. The van der Waals surface area contributed by atoms with Crippen LogP contribution in [0.5, 0.6) is 0 Å². The molecule has 2 aromatic heterocycles. The lowest BCUT2D eigenvalue weighted by Gasteiger charge is -2.36. The molecule has 9 N–H and O–H groups in total.